The van der Waals surface area contributed by atoms with E-state index in [2.05, 4.69) is 10.2 Å². The standard InChI is InChI=1S/C10H6ClF3N2/c11-10(5-3-15-16-4-5)9-7(13)1-6(12)2-8(9)14/h1-4,10H,(H,15,16). The first-order valence-corrected chi connectivity index (χ1v) is 4.80. The summed E-state index contributed by atoms with van der Waals surface area (Å²) < 4.78 is 39.4. The highest BCUT2D eigenvalue weighted by atomic mass is 35.5. The van der Waals surface area contributed by atoms with Crippen LogP contribution in [0.1, 0.15) is 16.5 Å². The molecule has 6 heteroatoms. The molecule has 2 nitrogen and oxygen atoms in total. The lowest BCUT2D eigenvalue weighted by atomic mass is 10.1. The third kappa shape index (κ3) is 1.90. The van der Waals surface area contributed by atoms with Crippen LogP contribution < -0.4 is 0 Å². The van der Waals surface area contributed by atoms with Crippen LogP contribution in [0.3, 0.4) is 0 Å². The highest BCUT2D eigenvalue weighted by molar-refractivity contribution is 6.22. The van der Waals surface area contributed by atoms with Crippen LogP contribution in [0.4, 0.5) is 13.2 Å². The summed E-state index contributed by atoms with van der Waals surface area (Å²) in [5.74, 6) is -3.01. The Kier molecular flexibility index (Phi) is 2.87. The van der Waals surface area contributed by atoms with Crippen molar-refractivity contribution in [2.24, 2.45) is 0 Å². The number of hydrogen-bond donors (Lipinski definition) is 1. The van der Waals surface area contributed by atoms with Gasteiger partial charge in [0.25, 0.3) is 0 Å². The first-order valence-electron chi connectivity index (χ1n) is 4.37. The summed E-state index contributed by atoms with van der Waals surface area (Å²) in [4.78, 5) is 0. The summed E-state index contributed by atoms with van der Waals surface area (Å²) in [7, 11) is 0. The van der Waals surface area contributed by atoms with E-state index in [1.165, 1.54) is 12.4 Å². The highest BCUT2D eigenvalue weighted by Gasteiger charge is 2.21. The van der Waals surface area contributed by atoms with Gasteiger partial charge in [0.1, 0.15) is 17.5 Å². The molecular formula is C10H6ClF3N2. The van der Waals surface area contributed by atoms with E-state index in [4.69, 9.17) is 11.6 Å². The molecule has 0 saturated heterocycles. The largest absolute Gasteiger partial charge is 0.285 e. The van der Waals surface area contributed by atoms with Gasteiger partial charge in [-0.1, -0.05) is 0 Å². The van der Waals surface area contributed by atoms with E-state index in [-0.39, 0.29) is 5.56 Å². The van der Waals surface area contributed by atoms with Gasteiger partial charge < -0.3 is 0 Å². The molecule has 1 atom stereocenters. The molecule has 0 aliphatic carbocycles. The van der Waals surface area contributed by atoms with Gasteiger partial charge in [0.05, 0.1) is 11.6 Å². The normalized spacial score (nSPS) is 12.8. The lowest BCUT2D eigenvalue weighted by molar-refractivity contribution is 0.526. The molecule has 0 radical (unpaired) electrons. The second-order valence-electron chi connectivity index (χ2n) is 3.18. The zero-order valence-corrected chi connectivity index (χ0v) is 8.60. The molecule has 0 spiro atoms. The molecule has 1 N–H and O–H groups in total. The van der Waals surface area contributed by atoms with Crippen molar-refractivity contribution in [1.82, 2.24) is 10.2 Å². The van der Waals surface area contributed by atoms with Crippen molar-refractivity contribution in [3.63, 3.8) is 0 Å². The van der Waals surface area contributed by atoms with Gasteiger partial charge in [-0.3, -0.25) is 5.10 Å². The summed E-state index contributed by atoms with van der Waals surface area (Å²) in [6.45, 7) is 0. The average Bonchev–Trinajstić information content (AvgIpc) is 2.67. The molecule has 0 aliphatic rings. The minimum Gasteiger partial charge on any atom is -0.285 e. The van der Waals surface area contributed by atoms with Gasteiger partial charge in [-0.15, -0.1) is 11.6 Å². The molecule has 1 heterocycles. The predicted molar refractivity (Wildman–Crippen MR) is 52.6 cm³/mol. The number of nitrogens with one attached hydrogen (secondary N) is 1. The maximum absolute atomic E-state index is 13.4. The van der Waals surface area contributed by atoms with Gasteiger partial charge in [0.15, 0.2) is 0 Å². The second-order valence-corrected chi connectivity index (χ2v) is 3.61. The van der Waals surface area contributed by atoms with Crippen LogP contribution in [0.15, 0.2) is 24.5 Å². The Balaban J connectivity index is 2.48. The zero-order valence-electron chi connectivity index (χ0n) is 7.85. The number of hydrogen-bond acceptors (Lipinski definition) is 1. The quantitative estimate of drug-likeness (QED) is 0.810. The molecule has 1 aromatic heterocycles. The Morgan fingerprint density at radius 1 is 1.19 bits per heavy atom. The first-order chi connectivity index (χ1) is 7.59. The molecule has 84 valence electrons. The van der Waals surface area contributed by atoms with Gasteiger partial charge in [0.2, 0.25) is 0 Å². The Bertz CT molecular complexity index is 476. The van der Waals surface area contributed by atoms with Crippen LogP contribution >= 0.6 is 11.6 Å². The van der Waals surface area contributed by atoms with Crippen LogP contribution in [0, 0.1) is 17.5 Å². The highest BCUT2D eigenvalue weighted by Crippen LogP contribution is 2.32. The summed E-state index contributed by atoms with van der Waals surface area (Å²) >= 11 is 5.87. The Labute approximate surface area is 94.1 Å². The van der Waals surface area contributed by atoms with Crippen LogP contribution in [0.25, 0.3) is 0 Å². The van der Waals surface area contributed by atoms with Gasteiger partial charge in [-0.05, 0) is 0 Å². The van der Waals surface area contributed by atoms with Crippen molar-refractivity contribution in [3.05, 3.63) is 53.1 Å². The SMILES string of the molecule is Fc1cc(F)c(C(Cl)c2cn[nH]c2)c(F)c1. The first kappa shape index (κ1) is 11.0. The van der Waals surface area contributed by atoms with Crippen molar-refractivity contribution in [2.75, 3.05) is 0 Å². The van der Waals surface area contributed by atoms with Crippen LogP contribution in [0.5, 0.6) is 0 Å². The molecule has 0 saturated carbocycles. The number of benzene rings is 1. The topological polar surface area (TPSA) is 28.7 Å². The van der Waals surface area contributed by atoms with Gasteiger partial charge in [0, 0.05) is 29.5 Å². The molecule has 1 unspecified atom stereocenters. The second kappa shape index (κ2) is 4.17. The molecule has 16 heavy (non-hydrogen) atoms. The summed E-state index contributed by atoms with van der Waals surface area (Å²) in [6.07, 6.45) is 2.76. The Morgan fingerprint density at radius 2 is 1.81 bits per heavy atom. The van der Waals surface area contributed by atoms with E-state index in [0.29, 0.717) is 17.7 Å². The number of nitrogens with zero attached hydrogens (tertiary/aromatic N) is 1. The lowest BCUT2D eigenvalue weighted by Gasteiger charge is -2.10. The van der Waals surface area contributed by atoms with Crippen molar-refractivity contribution >= 4 is 11.6 Å². The maximum Gasteiger partial charge on any atom is 0.134 e. The van der Waals surface area contributed by atoms with Crippen LogP contribution in [-0.2, 0) is 0 Å². The van der Waals surface area contributed by atoms with E-state index in [1.54, 1.807) is 0 Å². The molecule has 0 aliphatic heterocycles. The van der Waals surface area contributed by atoms with Crippen molar-refractivity contribution in [1.29, 1.82) is 0 Å². The number of aromatic nitrogens is 2. The van der Waals surface area contributed by atoms with E-state index >= 15 is 0 Å². The van der Waals surface area contributed by atoms with Gasteiger partial charge in [-0.2, -0.15) is 5.10 Å². The number of alkyl halides is 1. The molecular weight excluding hydrogens is 241 g/mol. The van der Waals surface area contributed by atoms with Gasteiger partial charge in [-0.25, -0.2) is 13.2 Å². The fourth-order valence-corrected chi connectivity index (χ4v) is 1.69. The van der Waals surface area contributed by atoms with E-state index in [1.807, 2.05) is 0 Å². The maximum atomic E-state index is 13.4. The van der Waals surface area contributed by atoms with E-state index in [9.17, 15) is 13.2 Å². The molecule has 1 aromatic carbocycles. The molecule has 0 amide bonds. The minimum absolute atomic E-state index is 0.385. The fraction of sp³-hybridized carbons (Fsp3) is 0.100. The lowest BCUT2D eigenvalue weighted by Crippen LogP contribution is -2.01. The predicted octanol–water partition coefficient (Wildman–Crippen LogP) is 3.16. The van der Waals surface area contributed by atoms with E-state index < -0.39 is 22.8 Å². The van der Waals surface area contributed by atoms with Crippen molar-refractivity contribution < 1.29 is 13.2 Å². The number of H-pyrrole nitrogens is 1. The Morgan fingerprint density at radius 3 is 2.31 bits per heavy atom. The fourth-order valence-electron chi connectivity index (χ4n) is 1.36. The van der Waals surface area contributed by atoms with Crippen molar-refractivity contribution in [3.8, 4) is 0 Å². The monoisotopic (exact) mass is 246 g/mol. The molecule has 0 fully saturated rings. The Hall–Kier alpha value is -1.49. The summed E-state index contributed by atoms with van der Waals surface area (Å²) in [5, 5.41) is 5.05. The zero-order chi connectivity index (χ0) is 11.7. The summed E-state index contributed by atoms with van der Waals surface area (Å²) in [5.41, 5.74) is 0.0236. The number of aromatic amines is 1. The smallest absolute Gasteiger partial charge is 0.134 e. The molecule has 2 aromatic rings. The molecule has 0 bridgehead atoms. The third-order valence-corrected chi connectivity index (χ3v) is 2.58. The van der Waals surface area contributed by atoms with Crippen LogP contribution in [-0.4, -0.2) is 10.2 Å². The minimum atomic E-state index is -1.04. The average molecular weight is 247 g/mol. The van der Waals surface area contributed by atoms with Crippen molar-refractivity contribution in [2.45, 2.75) is 5.38 Å². The number of halogens is 4. The number of rotatable bonds is 2. The third-order valence-electron chi connectivity index (χ3n) is 2.11. The summed E-state index contributed by atoms with van der Waals surface area (Å²) in [6, 6.07) is 1.18. The van der Waals surface area contributed by atoms with Gasteiger partial charge >= 0.3 is 0 Å². The molecule has 2 rings (SSSR count). The van der Waals surface area contributed by atoms with Crippen LogP contribution in [0.2, 0.25) is 0 Å². The van der Waals surface area contributed by atoms with E-state index in [0.717, 1.165) is 0 Å².